The highest BCUT2D eigenvalue weighted by Gasteiger charge is 2.37. The summed E-state index contributed by atoms with van der Waals surface area (Å²) in [5.41, 5.74) is 6.02. The van der Waals surface area contributed by atoms with Crippen molar-refractivity contribution in [2.75, 3.05) is 11.9 Å². The van der Waals surface area contributed by atoms with Gasteiger partial charge in [0, 0.05) is 53.1 Å². The fraction of sp³-hybridized carbons (Fsp3) is 0.172. The van der Waals surface area contributed by atoms with Crippen molar-refractivity contribution in [2.24, 2.45) is 10.1 Å². The van der Waals surface area contributed by atoms with Crippen molar-refractivity contribution < 1.29 is 4.92 Å². The van der Waals surface area contributed by atoms with Gasteiger partial charge in [0.25, 0.3) is 5.69 Å². The molecule has 8 heteroatoms. The number of thiazole rings is 1. The van der Waals surface area contributed by atoms with Crippen LogP contribution in [0, 0.1) is 10.1 Å². The van der Waals surface area contributed by atoms with E-state index in [0.29, 0.717) is 16.9 Å². The van der Waals surface area contributed by atoms with Crippen LogP contribution in [-0.2, 0) is 12.0 Å². The molecule has 3 aromatic carbocycles. The average Bonchev–Trinajstić information content (AvgIpc) is 3.40. The third-order valence-corrected chi connectivity index (χ3v) is 7.49. The number of likely N-dealkylation sites (N-methyl/N-ethyl adjacent to an activating group) is 1. The standard InChI is InChI=1S/C29H27N5O2S/c1-29(2)24-14-7-8-15-25(24)32(3)27(29)16-17-31-33-26(22-12-9-13-23(18-22)34(35)36)20-37-28(33)30-19-21-10-5-4-6-11-21/h4-18,20H,19H2,1-3H3. The number of hydrogen-bond acceptors (Lipinski definition) is 6. The highest BCUT2D eigenvalue weighted by atomic mass is 32.1. The van der Waals surface area contributed by atoms with Crippen LogP contribution in [0.4, 0.5) is 11.4 Å². The summed E-state index contributed by atoms with van der Waals surface area (Å²) in [6.45, 7) is 4.93. The van der Waals surface area contributed by atoms with E-state index in [-0.39, 0.29) is 16.0 Å². The van der Waals surface area contributed by atoms with Gasteiger partial charge in [0.1, 0.15) is 0 Å². The van der Waals surface area contributed by atoms with Crippen LogP contribution in [-0.4, -0.2) is 22.9 Å². The number of benzene rings is 3. The van der Waals surface area contributed by atoms with Gasteiger partial charge < -0.3 is 4.90 Å². The molecule has 1 aromatic heterocycles. The zero-order chi connectivity index (χ0) is 26.0. The Labute approximate surface area is 219 Å². The molecule has 1 aliphatic heterocycles. The molecule has 7 nitrogen and oxygen atoms in total. The van der Waals surface area contributed by atoms with Crippen molar-refractivity contribution in [1.82, 2.24) is 4.68 Å². The minimum Gasteiger partial charge on any atom is -0.347 e. The topological polar surface area (TPSA) is 76.0 Å². The molecule has 0 saturated heterocycles. The largest absolute Gasteiger partial charge is 0.347 e. The molecule has 0 unspecified atom stereocenters. The minimum atomic E-state index is -0.385. The number of hydrogen-bond donors (Lipinski definition) is 0. The lowest BCUT2D eigenvalue weighted by Gasteiger charge is -2.23. The summed E-state index contributed by atoms with van der Waals surface area (Å²) in [5.74, 6) is 0. The number of allylic oxidation sites excluding steroid dienone is 2. The van der Waals surface area contributed by atoms with E-state index in [4.69, 9.17) is 10.1 Å². The smallest absolute Gasteiger partial charge is 0.270 e. The lowest BCUT2D eigenvalue weighted by molar-refractivity contribution is -0.384. The van der Waals surface area contributed by atoms with E-state index in [9.17, 15) is 10.1 Å². The van der Waals surface area contributed by atoms with Gasteiger partial charge in [-0.3, -0.25) is 15.1 Å². The van der Waals surface area contributed by atoms with Gasteiger partial charge in [-0.1, -0.05) is 74.5 Å². The molecule has 0 bridgehead atoms. The van der Waals surface area contributed by atoms with Gasteiger partial charge in [0.15, 0.2) is 0 Å². The molecule has 2 heterocycles. The molecule has 0 N–H and O–H groups in total. The quantitative estimate of drug-likeness (QED) is 0.172. The van der Waals surface area contributed by atoms with Crippen LogP contribution in [0.3, 0.4) is 0 Å². The molecule has 0 atom stereocenters. The van der Waals surface area contributed by atoms with Crippen LogP contribution in [0.2, 0.25) is 0 Å². The third-order valence-electron chi connectivity index (χ3n) is 6.63. The Balaban J connectivity index is 1.56. The van der Waals surface area contributed by atoms with Gasteiger partial charge in [0.05, 0.1) is 17.2 Å². The van der Waals surface area contributed by atoms with E-state index in [1.807, 2.05) is 47.9 Å². The predicted molar refractivity (Wildman–Crippen MR) is 150 cm³/mol. The maximum Gasteiger partial charge on any atom is 0.270 e. The Hall–Kier alpha value is -4.30. The van der Waals surface area contributed by atoms with Crippen molar-refractivity contribution in [3.05, 3.63) is 122 Å². The molecule has 0 radical (unpaired) electrons. The first-order chi connectivity index (χ1) is 17.9. The fourth-order valence-corrected chi connectivity index (χ4v) is 5.55. The Bertz CT molecular complexity index is 1580. The number of rotatable bonds is 6. The van der Waals surface area contributed by atoms with E-state index in [1.54, 1.807) is 23.0 Å². The van der Waals surface area contributed by atoms with Gasteiger partial charge >= 0.3 is 0 Å². The molecule has 0 fully saturated rings. The van der Waals surface area contributed by atoms with Crippen molar-refractivity contribution in [1.29, 1.82) is 0 Å². The van der Waals surface area contributed by atoms with Crippen molar-refractivity contribution in [3.8, 4) is 11.3 Å². The van der Waals surface area contributed by atoms with Gasteiger partial charge in [0.2, 0.25) is 4.80 Å². The summed E-state index contributed by atoms with van der Waals surface area (Å²) < 4.78 is 1.76. The first kappa shape index (κ1) is 24.4. The number of anilines is 1. The molecule has 0 amide bonds. The van der Waals surface area contributed by atoms with E-state index < -0.39 is 0 Å². The molecule has 0 spiro atoms. The van der Waals surface area contributed by atoms with Crippen LogP contribution in [0.25, 0.3) is 11.3 Å². The number of nitro groups is 1. The van der Waals surface area contributed by atoms with Crippen molar-refractivity contribution >= 4 is 28.9 Å². The number of fused-ring (bicyclic) bond motifs is 1. The predicted octanol–water partition coefficient (Wildman–Crippen LogP) is 6.37. The van der Waals surface area contributed by atoms with E-state index in [1.165, 1.54) is 28.7 Å². The average molecular weight is 510 g/mol. The first-order valence-corrected chi connectivity index (χ1v) is 12.8. The SMILES string of the molecule is CN1C(=CC=Nn2c(-c3cccc([N+](=O)[O-])c3)csc2=NCc2ccccc2)C(C)(C)c2ccccc21. The second-order valence-corrected chi connectivity index (χ2v) is 10.2. The molecule has 37 heavy (non-hydrogen) atoms. The van der Waals surface area contributed by atoms with Gasteiger partial charge in [-0.15, -0.1) is 11.3 Å². The summed E-state index contributed by atoms with van der Waals surface area (Å²) in [7, 11) is 2.07. The molecular weight excluding hydrogens is 482 g/mol. The summed E-state index contributed by atoms with van der Waals surface area (Å²) in [6, 6.07) is 25.0. The van der Waals surface area contributed by atoms with Crippen LogP contribution >= 0.6 is 11.3 Å². The molecule has 0 saturated carbocycles. The van der Waals surface area contributed by atoms with Crippen molar-refractivity contribution in [3.63, 3.8) is 0 Å². The lowest BCUT2D eigenvalue weighted by Crippen LogP contribution is -2.23. The third kappa shape index (κ3) is 4.75. The second-order valence-electron chi connectivity index (χ2n) is 9.34. The summed E-state index contributed by atoms with van der Waals surface area (Å²) in [6.07, 6.45) is 3.82. The number of para-hydroxylation sites is 1. The first-order valence-electron chi connectivity index (χ1n) is 11.9. The number of non-ortho nitro benzene ring substituents is 1. The molecule has 4 aromatic rings. The minimum absolute atomic E-state index is 0.0382. The molecule has 1 aliphatic rings. The Kier molecular flexibility index (Phi) is 6.58. The highest BCUT2D eigenvalue weighted by molar-refractivity contribution is 7.07. The van der Waals surface area contributed by atoms with E-state index >= 15 is 0 Å². The molecular formula is C29H27N5O2S. The highest BCUT2D eigenvalue weighted by Crippen LogP contribution is 2.46. The Morgan fingerprint density at radius 1 is 1.03 bits per heavy atom. The van der Waals surface area contributed by atoms with Crippen LogP contribution in [0.5, 0.6) is 0 Å². The fourth-order valence-electron chi connectivity index (χ4n) is 4.71. The summed E-state index contributed by atoms with van der Waals surface area (Å²) in [4.78, 5) is 18.7. The summed E-state index contributed by atoms with van der Waals surface area (Å²) in [5, 5.41) is 18.1. The van der Waals surface area contributed by atoms with E-state index in [0.717, 1.165) is 17.0 Å². The zero-order valence-electron chi connectivity index (χ0n) is 20.9. The number of nitrogens with zero attached hydrogens (tertiary/aromatic N) is 5. The summed E-state index contributed by atoms with van der Waals surface area (Å²) >= 11 is 1.46. The van der Waals surface area contributed by atoms with Gasteiger partial charge in [-0.2, -0.15) is 5.10 Å². The number of aromatic nitrogens is 1. The second kappa shape index (κ2) is 9.99. The van der Waals surface area contributed by atoms with Crippen molar-refractivity contribution in [2.45, 2.75) is 25.8 Å². The van der Waals surface area contributed by atoms with Crippen LogP contribution < -0.4 is 9.70 Å². The molecule has 186 valence electrons. The monoisotopic (exact) mass is 509 g/mol. The number of nitro benzene ring substituents is 1. The lowest BCUT2D eigenvalue weighted by atomic mass is 9.84. The van der Waals surface area contributed by atoms with E-state index in [2.05, 4.69) is 50.1 Å². The maximum atomic E-state index is 11.4. The van der Waals surface area contributed by atoms with Gasteiger partial charge in [-0.05, 0) is 23.3 Å². The molecule has 5 rings (SSSR count). The van der Waals surface area contributed by atoms with Crippen LogP contribution in [0.1, 0.15) is 25.0 Å². The van der Waals surface area contributed by atoms with Crippen LogP contribution in [0.15, 0.2) is 106 Å². The normalized spacial score (nSPS) is 16.0. The zero-order valence-corrected chi connectivity index (χ0v) is 21.7. The molecule has 0 aliphatic carbocycles. The maximum absolute atomic E-state index is 11.4. The van der Waals surface area contributed by atoms with Gasteiger partial charge in [-0.25, -0.2) is 4.68 Å². The Morgan fingerprint density at radius 3 is 2.54 bits per heavy atom. The Morgan fingerprint density at radius 2 is 1.78 bits per heavy atom.